The van der Waals surface area contributed by atoms with E-state index in [2.05, 4.69) is 16.7 Å². The van der Waals surface area contributed by atoms with Crippen LogP contribution in [0.2, 0.25) is 0 Å². The third kappa shape index (κ3) is 3.91. The number of hydrogen-bond donors (Lipinski definition) is 1. The minimum absolute atomic E-state index is 0.443. The summed E-state index contributed by atoms with van der Waals surface area (Å²) in [4.78, 5) is 5.16. The summed E-state index contributed by atoms with van der Waals surface area (Å²) in [6.07, 6.45) is 3.53. The van der Waals surface area contributed by atoms with Crippen molar-refractivity contribution in [1.29, 1.82) is 0 Å². The van der Waals surface area contributed by atoms with Gasteiger partial charge >= 0.3 is 0 Å². The van der Waals surface area contributed by atoms with E-state index >= 15 is 0 Å². The molecular weight excluding hydrogens is 214 g/mol. The molecule has 17 heavy (non-hydrogen) atoms. The fraction of sp³-hybridized carbons (Fsp3) is 1.00. The quantitative estimate of drug-likeness (QED) is 0.779. The smallest absolute Gasteiger partial charge is 0.0622 e. The van der Waals surface area contributed by atoms with Crippen LogP contribution in [0.15, 0.2) is 0 Å². The summed E-state index contributed by atoms with van der Waals surface area (Å²) < 4.78 is 5.54. The first-order valence-corrected chi connectivity index (χ1v) is 7.09. The molecule has 0 spiro atoms. The molecule has 2 aliphatic heterocycles. The van der Waals surface area contributed by atoms with Gasteiger partial charge in [-0.2, -0.15) is 0 Å². The lowest BCUT2D eigenvalue weighted by Crippen LogP contribution is -2.49. The second-order valence-electron chi connectivity index (χ2n) is 5.35. The Morgan fingerprint density at radius 1 is 1.18 bits per heavy atom. The van der Waals surface area contributed by atoms with Gasteiger partial charge in [-0.25, -0.2) is 0 Å². The van der Waals surface area contributed by atoms with Gasteiger partial charge in [0.15, 0.2) is 0 Å². The first kappa shape index (κ1) is 13.3. The summed E-state index contributed by atoms with van der Waals surface area (Å²) in [7, 11) is 0. The summed E-state index contributed by atoms with van der Waals surface area (Å²) in [5.74, 6) is 0. The summed E-state index contributed by atoms with van der Waals surface area (Å²) >= 11 is 0. The van der Waals surface area contributed by atoms with Crippen LogP contribution in [0.3, 0.4) is 0 Å². The number of nitrogens with two attached hydrogens (primary N) is 1. The number of nitrogens with zero attached hydrogens (tertiary/aromatic N) is 2. The van der Waals surface area contributed by atoms with Crippen LogP contribution in [0.1, 0.15) is 26.2 Å². The molecule has 0 amide bonds. The molecule has 2 saturated heterocycles. The molecule has 2 aliphatic rings. The van der Waals surface area contributed by atoms with Crippen LogP contribution in [-0.2, 0) is 4.74 Å². The van der Waals surface area contributed by atoms with Crippen LogP contribution < -0.4 is 5.73 Å². The Bertz CT molecular complexity index is 217. The maximum atomic E-state index is 5.93. The molecule has 0 bridgehead atoms. The number of morpholine rings is 1. The van der Waals surface area contributed by atoms with E-state index in [9.17, 15) is 0 Å². The predicted octanol–water partition coefficient (Wildman–Crippen LogP) is 0.520. The highest BCUT2D eigenvalue weighted by Gasteiger charge is 2.22. The molecule has 2 heterocycles. The Morgan fingerprint density at radius 3 is 2.65 bits per heavy atom. The Morgan fingerprint density at radius 2 is 1.94 bits per heavy atom. The molecule has 1 unspecified atom stereocenters. The lowest BCUT2D eigenvalue weighted by Gasteiger charge is -2.37. The maximum Gasteiger partial charge on any atom is 0.0622 e. The molecule has 100 valence electrons. The lowest BCUT2D eigenvalue weighted by atomic mass is 10.1. The van der Waals surface area contributed by atoms with Gasteiger partial charge in [-0.15, -0.1) is 0 Å². The van der Waals surface area contributed by atoms with E-state index in [-0.39, 0.29) is 0 Å². The lowest BCUT2D eigenvalue weighted by molar-refractivity contribution is -0.0129. The van der Waals surface area contributed by atoms with Crippen LogP contribution >= 0.6 is 0 Å². The highest BCUT2D eigenvalue weighted by atomic mass is 16.5. The van der Waals surface area contributed by atoms with E-state index in [1.165, 1.54) is 45.4 Å². The molecule has 2 N–H and O–H groups in total. The van der Waals surface area contributed by atoms with Crippen LogP contribution in [0.4, 0.5) is 0 Å². The summed E-state index contributed by atoms with van der Waals surface area (Å²) in [5, 5.41) is 0. The third-order valence-electron chi connectivity index (χ3n) is 4.16. The zero-order chi connectivity index (χ0) is 12.1. The van der Waals surface area contributed by atoms with E-state index in [0.717, 1.165) is 19.8 Å². The molecule has 0 saturated carbocycles. The number of likely N-dealkylation sites (tertiary alicyclic amines) is 1. The average molecular weight is 241 g/mol. The average Bonchev–Trinajstić information content (AvgIpc) is 2.38. The van der Waals surface area contributed by atoms with Gasteiger partial charge in [0.25, 0.3) is 0 Å². The molecule has 2 rings (SSSR count). The second-order valence-corrected chi connectivity index (χ2v) is 5.35. The molecule has 4 heteroatoms. The molecule has 0 aromatic heterocycles. The van der Waals surface area contributed by atoms with Gasteiger partial charge in [-0.1, -0.05) is 6.92 Å². The summed E-state index contributed by atoms with van der Waals surface area (Å²) in [6, 6.07) is 1.08. The van der Waals surface area contributed by atoms with Crippen molar-refractivity contribution in [3.63, 3.8) is 0 Å². The van der Waals surface area contributed by atoms with Crippen molar-refractivity contribution in [3.05, 3.63) is 0 Å². The van der Waals surface area contributed by atoms with Crippen LogP contribution in [0.5, 0.6) is 0 Å². The van der Waals surface area contributed by atoms with Gasteiger partial charge in [0, 0.05) is 31.7 Å². The van der Waals surface area contributed by atoms with Gasteiger partial charge in [0.05, 0.1) is 13.2 Å². The molecule has 0 aliphatic carbocycles. The normalized spacial score (nSPS) is 29.6. The van der Waals surface area contributed by atoms with E-state index in [1.807, 2.05) is 0 Å². The van der Waals surface area contributed by atoms with Crippen molar-refractivity contribution < 1.29 is 4.74 Å². The molecule has 4 nitrogen and oxygen atoms in total. The topological polar surface area (TPSA) is 41.7 Å². The Kier molecular flexibility index (Phi) is 5.22. The van der Waals surface area contributed by atoms with E-state index in [0.29, 0.717) is 12.1 Å². The molecule has 2 fully saturated rings. The van der Waals surface area contributed by atoms with Gasteiger partial charge in [-0.3, -0.25) is 4.90 Å². The second kappa shape index (κ2) is 6.69. The monoisotopic (exact) mass is 241 g/mol. The molecule has 0 aromatic carbocycles. The van der Waals surface area contributed by atoms with Gasteiger partial charge in [0.2, 0.25) is 0 Å². The highest BCUT2D eigenvalue weighted by Crippen LogP contribution is 2.12. The molecule has 0 aromatic rings. The van der Waals surface area contributed by atoms with Crippen LogP contribution in [-0.4, -0.2) is 67.8 Å². The summed E-state index contributed by atoms with van der Waals surface area (Å²) in [6.45, 7) is 9.94. The van der Waals surface area contributed by atoms with Crippen molar-refractivity contribution in [2.45, 2.75) is 38.3 Å². The van der Waals surface area contributed by atoms with E-state index in [4.69, 9.17) is 10.5 Å². The Hall–Kier alpha value is -0.160. The first-order chi connectivity index (χ1) is 8.29. The predicted molar refractivity (Wildman–Crippen MR) is 70.1 cm³/mol. The fourth-order valence-electron chi connectivity index (χ4n) is 2.81. The molecule has 1 atom stereocenters. The van der Waals surface area contributed by atoms with E-state index in [1.54, 1.807) is 0 Å². The minimum Gasteiger partial charge on any atom is -0.378 e. The van der Waals surface area contributed by atoms with Crippen molar-refractivity contribution in [2.24, 2.45) is 5.73 Å². The zero-order valence-electron chi connectivity index (χ0n) is 11.1. The van der Waals surface area contributed by atoms with Crippen molar-refractivity contribution >= 4 is 0 Å². The fourth-order valence-corrected chi connectivity index (χ4v) is 2.81. The van der Waals surface area contributed by atoms with E-state index < -0.39 is 0 Å². The largest absolute Gasteiger partial charge is 0.378 e. The van der Waals surface area contributed by atoms with Crippen molar-refractivity contribution in [2.75, 3.05) is 45.9 Å². The first-order valence-electron chi connectivity index (χ1n) is 7.09. The zero-order valence-corrected chi connectivity index (χ0v) is 11.1. The summed E-state index contributed by atoms with van der Waals surface area (Å²) in [5.41, 5.74) is 5.93. The maximum absolute atomic E-state index is 5.93. The van der Waals surface area contributed by atoms with Gasteiger partial charge < -0.3 is 15.4 Å². The number of ether oxygens (including phenoxy) is 1. The number of hydrogen-bond acceptors (Lipinski definition) is 4. The third-order valence-corrected chi connectivity index (χ3v) is 4.16. The molecular formula is C13H27N3O. The minimum atomic E-state index is 0.443. The van der Waals surface area contributed by atoms with Gasteiger partial charge in [0.1, 0.15) is 0 Å². The Labute approximate surface area is 105 Å². The van der Waals surface area contributed by atoms with Crippen LogP contribution in [0, 0.1) is 0 Å². The van der Waals surface area contributed by atoms with Crippen LogP contribution in [0.25, 0.3) is 0 Å². The SMILES string of the molecule is CCC1COCCN1CCN1CCC(N)CC1. The standard InChI is InChI=1S/C13H27N3O/c1-2-13-11-17-10-9-16(13)8-7-15-5-3-12(14)4-6-15/h12-13H,2-11,14H2,1H3. The van der Waals surface area contributed by atoms with Gasteiger partial charge in [-0.05, 0) is 32.4 Å². The highest BCUT2D eigenvalue weighted by molar-refractivity contribution is 4.78. The molecule has 0 radical (unpaired) electrons. The number of piperidine rings is 1. The van der Waals surface area contributed by atoms with Crippen molar-refractivity contribution in [3.8, 4) is 0 Å². The number of rotatable bonds is 4. The Balaban J connectivity index is 1.69. The van der Waals surface area contributed by atoms with Crippen molar-refractivity contribution in [1.82, 2.24) is 9.80 Å².